The highest BCUT2D eigenvalue weighted by Gasteiger charge is 2.39. The van der Waals surface area contributed by atoms with E-state index in [1.165, 1.54) is 0 Å². The number of rotatable bonds is 8. The van der Waals surface area contributed by atoms with E-state index in [2.05, 4.69) is 48.2 Å². The smallest absolute Gasteiger partial charge is 0.250 e. The van der Waals surface area contributed by atoms with Crippen LogP contribution < -0.4 is 4.90 Å². The molecule has 1 aromatic carbocycles. The standard InChI is InChI=1S/C33H40ClN5O2/c1-6-7-29(40)25-10-13-30(35-20-25)37-16-17-39(33(4,5)21-37)32(41)24-14-15-38-28(19-24)27(18-22(2)3)36-31(38)23-8-11-26(34)12-9-23/h8-13,19-20,22H,6-7,14-18,21H2,1-5H3. The van der Waals surface area contributed by atoms with Crippen molar-refractivity contribution in [1.82, 2.24) is 19.4 Å². The Labute approximate surface area is 248 Å². The predicted octanol–water partition coefficient (Wildman–Crippen LogP) is 6.69. The van der Waals surface area contributed by atoms with Crippen molar-refractivity contribution >= 4 is 35.2 Å². The first-order valence-electron chi connectivity index (χ1n) is 14.7. The van der Waals surface area contributed by atoms with Crippen molar-refractivity contribution in [3.8, 4) is 11.4 Å². The van der Waals surface area contributed by atoms with Gasteiger partial charge in [0, 0.05) is 60.5 Å². The van der Waals surface area contributed by atoms with Crippen LogP contribution in [0.2, 0.25) is 5.02 Å². The molecule has 0 N–H and O–H groups in total. The maximum atomic E-state index is 14.0. The van der Waals surface area contributed by atoms with E-state index in [0.717, 1.165) is 47.0 Å². The molecule has 5 rings (SSSR count). The Kier molecular flexibility index (Phi) is 8.37. The number of pyridine rings is 1. The maximum Gasteiger partial charge on any atom is 0.250 e. The van der Waals surface area contributed by atoms with E-state index >= 15 is 0 Å². The fourth-order valence-corrected chi connectivity index (χ4v) is 6.03. The molecule has 7 nitrogen and oxygen atoms in total. The van der Waals surface area contributed by atoms with Crippen LogP contribution >= 0.6 is 11.6 Å². The summed E-state index contributed by atoms with van der Waals surface area (Å²) in [6.45, 7) is 13.3. The summed E-state index contributed by atoms with van der Waals surface area (Å²) in [5.74, 6) is 2.44. The normalized spacial score (nSPS) is 16.5. The summed E-state index contributed by atoms with van der Waals surface area (Å²) >= 11 is 6.14. The van der Waals surface area contributed by atoms with Gasteiger partial charge in [0.05, 0.1) is 16.9 Å². The molecule has 0 spiro atoms. The van der Waals surface area contributed by atoms with Gasteiger partial charge in [-0.1, -0.05) is 32.4 Å². The molecule has 1 saturated heterocycles. The van der Waals surface area contributed by atoms with Crippen molar-refractivity contribution in [2.75, 3.05) is 24.5 Å². The first kappa shape index (κ1) is 29.1. The van der Waals surface area contributed by atoms with E-state index in [9.17, 15) is 9.59 Å². The molecular weight excluding hydrogens is 534 g/mol. The van der Waals surface area contributed by atoms with E-state index in [-0.39, 0.29) is 17.2 Å². The van der Waals surface area contributed by atoms with Crippen LogP contribution in [0.1, 0.15) is 75.6 Å². The van der Waals surface area contributed by atoms with Crippen molar-refractivity contribution in [1.29, 1.82) is 0 Å². The zero-order valence-corrected chi connectivity index (χ0v) is 25.5. The summed E-state index contributed by atoms with van der Waals surface area (Å²) in [4.78, 5) is 40.1. The van der Waals surface area contributed by atoms with Gasteiger partial charge in [-0.2, -0.15) is 0 Å². The number of imidazole rings is 1. The zero-order valence-electron chi connectivity index (χ0n) is 24.8. The number of piperazine rings is 1. The van der Waals surface area contributed by atoms with Gasteiger partial charge in [0.2, 0.25) is 5.91 Å². The lowest BCUT2D eigenvalue weighted by Gasteiger charge is -2.48. The summed E-state index contributed by atoms with van der Waals surface area (Å²) in [6.07, 6.45) is 6.63. The van der Waals surface area contributed by atoms with Crippen LogP contribution in [-0.4, -0.2) is 56.3 Å². The lowest BCUT2D eigenvalue weighted by molar-refractivity contribution is -0.133. The van der Waals surface area contributed by atoms with Crippen LogP contribution in [0, 0.1) is 5.92 Å². The molecule has 216 valence electrons. The lowest BCUT2D eigenvalue weighted by Crippen LogP contribution is -2.61. The highest BCUT2D eigenvalue weighted by atomic mass is 35.5. The summed E-state index contributed by atoms with van der Waals surface area (Å²) in [6, 6.07) is 11.6. The second kappa shape index (κ2) is 11.8. The first-order valence-corrected chi connectivity index (χ1v) is 15.1. The van der Waals surface area contributed by atoms with Gasteiger partial charge < -0.3 is 14.4 Å². The van der Waals surface area contributed by atoms with Gasteiger partial charge in [-0.15, -0.1) is 0 Å². The van der Waals surface area contributed by atoms with Gasteiger partial charge in [0.25, 0.3) is 0 Å². The summed E-state index contributed by atoms with van der Waals surface area (Å²) in [5.41, 5.74) is 4.21. The molecule has 2 aliphatic heterocycles. The van der Waals surface area contributed by atoms with Crippen molar-refractivity contribution in [2.45, 2.75) is 72.4 Å². The van der Waals surface area contributed by atoms with Gasteiger partial charge in [-0.3, -0.25) is 9.59 Å². The maximum absolute atomic E-state index is 14.0. The molecule has 2 aliphatic rings. The molecule has 2 aromatic heterocycles. The molecule has 0 radical (unpaired) electrons. The molecule has 1 amide bonds. The number of anilines is 1. The Bertz CT molecular complexity index is 1450. The van der Waals surface area contributed by atoms with Crippen molar-refractivity contribution in [2.24, 2.45) is 5.92 Å². The molecule has 4 heterocycles. The third-order valence-corrected chi connectivity index (χ3v) is 8.25. The minimum Gasteiger partial charge on any atom is -0.353 e. The first-order chi connectivity index (χ1) is 19.6. The third-order valence-electron chi connectivity index (χ3n) is 8.00. The average Bonchev–Trinajstić information content (AvgIpc) is 3.29. The monoisotopic (exact) mass is 573 g/mol. The Morgan fingerprint density at radius 1 is 1.05 bits per heavy atom. The quantitative estimate of drug-likeness (QED) is 0.281. The van der Waals surface area contributed by atoms with Crippen LogP contribution in [0.15, 0.2) is 48.2 Å². The third kappa shape index (κ3) is 6.10. The summed E-state index contributed by atoms with van der Waals surface area (Å²) < 4.78 is 2.25. The molecule has 41 heavy (non-hydrogen) atoms. The zero-order chi connectivity index (χ0) is 29.3. The molecular formula is C33H40ClN5O2. The molecule has 3 aromatic rings. The molecule has 0 saturated carbocycles. The van der Waals surface area contributed by atoms with Gasteiger partial charge in [-0.05, 0) is 81.5 Å². The molecule has 0 atom stereocenters. The average molecular weight is 574 g/mol. The fourth-order valence-electron chi connectivity index (χ4n) is 5.91. The van der Waals surface area contributed by atoms with Crippen molar-refractivity contribution in [3.05, 3.63) is 70.1 Å². The number of benzene rings is 1. The van der Waals surface area contributed by atoms with Crippen LogP contribution in [0.3, 0.4) is 0 Å². The second-order valence-corrected chi connectivity index (χ2v) is 12.6. The van der Waals surface area contributed by atoms with E-state index in [1.54, 1.807) is 6.20 Å². The number of hydrogen-bond acceptors (Lipinski definition) is 5. The second-order valence-electron chi connectivity index (χ2n) is 12.2. The largest absolute Gasteiger partial charge is 0.353 e. The number of carbonyl (C=O) groups excluding carboxylic acids is 2. The minimum absolute atomic E-state index is 0.0964. The lowest BCUT2D eigenvalue weighted by atomic mass is 9.95. The minimum atomic E-state index is -0.387. The Morgan fingerprint density at radius 2 is 1.80 bits per heavy atom. The number of halogens is 1. The van der Waals surface area contributed by atoms with Gasteiger partial charge in [-0.25, -0.2) is 9.97 Å². The SMILES string of the molecule is CCCC(=O)c1ccc(N2CCN(C(=O)C3=Cc4c(CC(C)C)nc(-c5ccc(Cl)cc5)n4CC3)C(C)(C)C2)nc1. The molecule has 8 heteroatoms. The van der Waals surface area contributed by atoms with Gasteiger partial charge >= 0.3 is 0 Å². The summed E-state index contributed by atoms with van der Waals surface area (Å²) in [7, 11) is 0. The van der Waals surface area contributed by atoms with Gasteiger partial charge in [0.15, 0.2) is 5.78 Å². The topological polar surface area (TPSA) is 71.3 Å². The van der Waals surface area contributed by atoms with E-state index in [4.69, 9.17) is 16.6 Å². The number of hydrogen-bond donors (Lipinski definition) is 0. The highest BCUT2D eigenvalue weighted by molar-refractivity contribution is 6.30. The Hall–Kier alpha value is -3.45. The number of fused-ring (bicyclic) bond motifs is 1. The number of carbonyl (C=O) groups is 2. The number of nitrogens with zero attached hydrogens (tertiary/aromatic N) is 5. The molecule has 1 fully saturated rings. The number of aromatic nitrogens is 3. The molecule has 0 aliphatic carbocycles. The number of ketones is 1. The van der Waals surface area contributed by atoms with Crippen LogP contribution in [0.5, 0.6) is 0 Å². The van der Waals surface area contributed by atoms with Crippen LogP contribution in [0.4, 0.5) is 5.82 Å². The fraction of sp³-hybridized carbons (Fsp3) is 0.455. The Morgan fingerprint density at radius 3 is 2.44 bits per heavy atom. The van der Waals surface area contributed by atoms with E-state index in [0.29, 0.717) is 55.5 Å². The van der Waals surface area contributed by atoms with Crippen LogP contribution in [-0.2, 0) is 17.8 Å². The molecule has 0 unspecified atom stereocenters. The summed E-state index contributed by atoms with van der Waals surface area (Å²) in [5, 5.41) is 0.701. The predicted molar refractivity (Wildman–Crippen MR) is 165 cm³/mol. The Balaban J connectivity index is 1.36. The van der Waals surface area contributed by atoms with E-state index in [1.807, 2.05) is 48.2 Å². The van der Waals surface area contributed by atoms with Crippen molar-refractivity contribution in [3.63, 3.8) is 0 Å². The van der Waals surface area contributed by atoms with E-state index < -0.39 is 0 Å². The van der Waals surface area contributed by atoms with Gasteiger partial charge in [0.1, 0.15) is 11.6 Å². The molecule has 0 bridgehead atoms. The number of Topliss-reactive ketones (excluding diaryl/α,β-unsaturated/α-hetero) is 1. The number of amides is 1. The van der Waals surface area contributed by atoms with Crippen molar-refractivity contribution < 1.29 is 9.59 Å². The highest BCUT2D eigenvalue weighted by Crippen LogP contribution is 2.33. The van der Waals surface area contributed by atoms with Crippen LogP contribution in [0.25, 0.3) is 17.5 Å².